The zero-order valence-corrected chi connectivity index (χ0v) is 10.9. The molecule has 0 saturated heterocycles. The zero-order valence-electron chi connectivity index (χ0n) is 9.30. The number of halogens is 1. The zero-order chi connectivity index (χ0) is 11.6. The van der Waals surface area contributed by atoms with E-state index in [1.807, 2.05) is 27.7 Å². The van der Waals surface area contributed by atoms with Crippen molar-refractivity contribution in [3.63, 3.8) is 0 Å². The quantitative estimate of drug-likeness (QED) is 0.737. The fourth-order valence-electron chi connectivity index (χ4n) is 0.988. The number of pyridine rings is 1. The summed E-state index contributed by atoms with van der Waals surface area (Å²) in [4.78, 5) is 15.8. The summed E-state index contributed by atoms with van der Waals surface area (Å²) in [6.07, 6.45) is 0. The Hall–Kier alpha value is -0.900. The number of esters is 1. The minimum absolute atomic E-state index is 0.339. The Morgan fingerprint density at radius 2 is 2.00 bits per heavy atom. The minimum Gasteiger partial charge on any atom is -0.455 e. The van der Waals surface area contributed by atoms with Gasteiger partial charge in [-0.25, -0.2) is 9.78 Å². The molecule has 0 spiro atoms. The Morgan fingerprint density at radius 3 is 2.47 bits per heavy atom. The molecule has 0 saturated carbocycles. The third-order valence-corrected chi connectivity index (χ3v) is 2.47. The van der Waals surface area contributed by atoms with Crippen LogP contribution in [0.25, 0.3) is 0 Å². The average Bonchev–Trinajstić information content (AvgIpc) is 2.06. The van der Waals surface area contributed by atoms with Crippen LogP contribution in [-0.4, -0.2) is 16.6 Å². The van der Waals surface area contributed by atoms with E-state index in [4.69, 9.17) is 4.74 Å². The Kier molecular flexibility index (Phi) is 3.50. The van der Waals surface area contributed by atoms with Crippen molar-refractivity contribution >= 4 is 21.9 Å². The number of hydrogen-bond donors (Lipinski definition) is 0. The lowest BCUT2D eigenvalue weighted by Gasteiger charge is -2.19. The van der Waals surface area contributed by atoms with Crippen LogP contribution in [0.1, 0.15) is 37.0 Å². The number of carbonyl (C=O) groups excluding carboxylic acids is 1. The van der Waals surface area contributed by atoms with Crippen LogP contribution in [0.3, 0.4) is 0 Å². The van der Waals surface area contributed by atoms with E-state index in [9.17, 15) is 4.79 Å². The lowest BCUT2D eigenvalue weighted by molar-refractivity contribution is 0.00626. The van der Waals surface area contributed by atoms with Crippen molar-refractivity contribution in [2.75, 3.05) is 0 Å². The molecule has 0 aliphatic carbocycles. The van der Waals surface area contributed by atoms with E-state index < -0.39 is 11.6 Å². The van der Waals surface area contributed by atoms with Crippen LogP contribution in [0, 0.1) is 6.92 Å². The molecule has 0 amide bonds. The third kappa shape index (κ3) is 3.63. The standard InChI is InChI=1S/C11H14BrNO2/c1-7-8(12)5-6-9(13-7)10(14)15-11(2,3)4/h5-6H,1-4H3. The van der Waals surface area contributed by atoms with E-state index >= 15 is 0 Å². The van der Waals surface area contributed by atoms with Gasteiger partial charge in [0, 0.05) is 4.47 Å². The molecule has 0 fully saturated rings. The number of aryl methyl sites for hydroxylation is 1. The molecule has 0 atom stereocenters. The van der Waals surface area contributed by atoms with Crippen molar-refractivity contribution in [2.24, 2.45) is 0 Å². The van der Waals surface area contributed by atoms with Crippen LogP contribution in [-0.2, 0) is 4.74 Å². The molecule has 0 aromatic carbocycles. The van der Waals surface area contributed by atoms with Gasteiger partial charge in [0.05, 0.1) is 5.69 Å². The molecule has 15 heavy (non-hydrogen) atoms. The third-order valence-electron chi connectivity index (χ3n) is 1.63. The van der Waals surface area contributed by atoms with Gasteiger partial charge in [0.2, 0.25) is 0 Å². The maximum Gasteiger partial charge on any atom is 0.357 e. The summed E-state index contributed by atoms with van der Waals surface area (Å²) in [6.45, 7) is 7.32. The van der Waals surface area contributed by atoms with Gasteiger partial charge in [0.15, 0.2) is 0 Å². The number of ether oxygens (including phenoxy) is 1. The summed E-state index contributed by atoms with van der Waals surface area (Å²) in [5.74, 6) is -0.391. The van der Waals surface area contributed by atoms with Crippen LogP contribution in [0.5, 0.6) is 0 Å². The highest BCUT2D eigenvalue weighted by molar-refractivity contribution is 9.10. The van der Waals surface area contributed by atoms with Gasteiger partial charge in [-0.3, -0.25) is 0 Å². The summed E-state index contributed by atoms with van der Waals surface area (Å²) in [7, 11) is 0. The molecule has 1 aromatic rings. The van der Waals surface area contributed by atoms with Crippen molar-refractivity contribution in [2.45, 2.75) is 33.3 Å². The SMILES string of the molecule is Cc1nc(C(=O)OC(C)(C)C)ccc1Br. The van der Waals surface area contributed by atoms with Gasteiger partial charge in [0.1, 0.15) is 11.3 Å². The van der Waals surface area contributed by atoms with E-state index in [1.54, 1.807) is 12.1 Å². The predicted molar refractivity (Wildman–Crippen MR) is 61.8 cm³/mol. The molecule has 0 aliphatic heterocycles. The van der Waals surface area contributed by atoms with Crippen molar-refractivity contribution in [3.8, 4) is 0 Å². The first-order chi connectivity index (χ1) is 6.79. The minimum atomic E-state index is -0.486. The molecular weight excluding hydrogens is 258 g/mol. The molecule has 0 unspecified atom stereocenters. The number of hydrogen-bond acceptors (Lipinski definition) is 3. The molecule has 1 aromatic heterocycles. The Balaban J connectivity index is 2.88. The second kappa shape index (κ2) is 4.31. The normalized spacial score (nSPS) is 11.3. The Labute approximate surface area is 98.0 Å². The largest absolute Gasteiger partial charge is 0.455 e. The lowest BCUT2D eigenvalue weighted by Crippen LogP contribution is -2.24. The van der Waals surface area contributed by atoms with E-state index in [0.29, 0.717) is 5.69 Å². The molecule has 0 aliphatic rings. The van der Waals surface area contributed by atoms with Gasteiger partial charge in [0.25, 0.3) is 0 Å². The summed E-state index contributed by atoms with van der Waals surface area (Å²) < 4.78 is 6.09. The average molecular weight is 272 g/mol. The maximum absolute atomic E-state index is 11.6. The van der Waals surface area contributed by atoms with Gasteiger partial charge < -0.3 is 4.74 Å². The van der Waals surface area contributed by atoms with Gasteiger partial charge in [-0.05, 0) is 55.8 Å². The smallest absolute Gasteiger partial charge is 0.357 e. The van der Waals surface area contributed by atoms with Crippen molar-refractivity contribution in [1.82, 2.24) is 4.98 Å². The second-order valence-electron chi connectivity index (χ2n) is 4.27. The molecule has 1 heterocycles. The second-order valence-corrected chi connectivity index (χ2v) is 5.12. The molecule has 0 bridgehead atoms. The fourth-order valence-corrected chi connectivity index (χ4v) is 1.21. The fraction of sp³-hybridized carbons (Fsp3) is 0.455. The topological polar surface area (TPSA) is 39.2 Å². The monoisotopic (exact) mass is 271 g/mol. The van der Waals surface area contributed by atoms with Gasteiger partial charge in [-0.2, -0.15) is 0 Å². The van der Waals surface area contributed by atoms with Crippen molar-refractivity contribution in [1.29, 1.82) is 0 Å². The number of rotatable bonds is 1. The molecule has 3 nitrogen and oxygen atoms in total. The van der Waals surface area contributed by atoms with E-state index in [2.05, 4.69) is 20.9 Å². The first kappa shape index (κ1) is 12.2. The maximum atomic E-state index is 11.6. The Morgan fingerprint density at radius 1 is 1.40 bits per heavy atom. The van der Waals surface area contributed by atoms with Crippen LogP contribution in [0.15, 0.2) is 16.6 Å². The highest BCUT2D eigenvalue weighted by atomic mass is 79.9. The van der Waals surface area contributed by atoms with Gasteiger partial charge in [-0.1, -0.05) is 0 Å². The summed E-state index contributed by atoms with van der Waals surface area (Å²) in [6, 6.07) is 3.44. The molecule has 4 heteroatoms. The number of carbonyl (C=O) groups is 1. The van der Waals surface area contributed by atoms with Gasteiger partial charge in [-0.15, -0.1) is 0 Å². The number of aromatic nitrogens is 1. The van der Waals surface area contributed by atoms with Crippen LogP contribution < -0.4 is 0 Å². The number of nitrogens with zero attached hydrogens (tertiary/aromatic N) is 1. The predicted octanol–water partition coefficient (Wildman–Crippen LogP) is 3.11. The van der Waals surface area contributed by atoms with E-state index in [1.165, 1.54) is 0 Å². The highest BCUT2D eigenvalue weighted by Gasteiger charge is 2.19. The molecule has 1 rings (SSSR count). The van der Waals surface area contributed by atoms with Crippen molar-refractivity contribution in [3.05, 3.63) is 28.0 Å². The lowest BCUT2D eigenvalue weighted by atomic mass is 10.2. The van der Waals surface area contributed by atoms with E-state index in [0.717, 1.165) is 10.2 Å². The van der Waals surface area contributed by atoms with Crippen LogP contribution in [0.2, 0.25) is 0 Å². The first-order valence-corrected chi connectivity index (χ1v) is 5.45. The first-order valence-electron chi connectivity index (χ1n) is 4.66. The molecular formula is C11H14BrNO2. The summed E-state index contributed by atoms with van der Waals surface area (Å²) in [5, 5.41) is 0. The van der Waals surface area contributed by atoms with Crippen molar-refractivity contribution < 1.29 is 9.53 Å². The summed E-state index contributed by atoms with van der Waals surface area (Å²) in [5.41, 5.74) is 0.628. The van der Waals surface area contributed by atoms with Crippen LogP contribution >= 0.6 is 15.9 Å². The Bertz CT molecular complexity index is 383. The van der Waals surface area contributed by atoms with E-state index in [-0.39, 0.29) is 0 Å². The molecule has 0 radical (unpaired) electrons. The highest BCUT2D eigenvalue weighted by Crippen LogP contribution is 2.16. The molecule has 0 N–H and O–H groups in total. The molecule has 82 valence electrons. The summed E-state index contributed by atoms with van der Waals surface area (Å²) >= 11 is 3.33. The van der Waals surface area contributed by atoms with Gasteiger partial charge >= 0.3 is 5.97 Å². The van der Waals surface area contributed by atoms with Crippen LogP contribution in [0.4, 0.5) is 0 Å².